The minimum Gasteiger partial charge on any atom is -0.369 e. The van der Waals surface area contributed by atoms with Gasteiger partial charge in [-0.3, -0.25) is 4.68 Å². The second-order valence-corrected chi connectivity index (χ2v) is 9.30. The Balaban J connectivity index is 1.87. The van der Waals surface area contributed by atoms with Crippen LogP contribution in [0.15, 0.2) is 18.2 Å². The van der Waals surface area contributed by atoms with Crippen molar-refractivity contribution < 1.29 is 0 Å². The van der Waals surface area contributed by atoms with Gasteiger partial charge in [-0.2, -0.15) is 5.10 Å². The molecule has 1 N–H and O–H groups in total. The molecule has 0 saturated heterocycles. The number of halogens is 2. The lowest BCUT2D eigenvalue weighted by Gasteiger charge is -2.30. The predicted molar refractivity (Wildman–Crippen MR) is 104 cm³/mol. The van der Waals surface area contributed by atoms with E-state index >= 15 is 0 Å². The van der Waals surface area contributed by atoms with Gasteiger partial charge in [0, 0.05) is 33.9 Å². The van der Waals surface area contributed by atoms with Crippen LogP contribution in [0.2, 0.25) is 10.0 Å². The number of aromatic nitrogens is 2. The Morgan fingerprint density at radius 3 is 2.75 bits per heavy atom. The summed E-state index contributed by atoms with van der Waals surface area (Å²) in [4.78, 5) is 0. The molecule has 0 amide bonds. The van der Waals surface area contributed by atoms with E-state index in [9.17, 15) is 0 Å². The smallest absolute Gasteiger partial charge is 0.128 e. The lowest BCUT2D eigenvalue weighted by Crippen LogP contribution is -2.30. The van der Waals surface area contributed by atoms with Crippen LogP contribution >= 0.6 is 35.0 Å². The second-order valence-electron chi connectivity index (χ2n) is 6.88. The molecule has 6 heteroatoms. The zero-order valence-corrected chi connectivity index (χ0v) is 16.2. The molecule has 1 atom stereocenters. The number of hydrogen-bond donors (Lipinski definition) is 1. The summed E-state index contributed by atoms with van der Waals surface area (Å²) in [6.45, 7) is 3.08. The highest BCUT2D eigenvalue weighted by molar-refractivity contribution is 8.01. The Labute approximate surface area is 157 Å². The van der Waals surface area contributed by atoms with Crippen LogP contribution < -0.4 is 5.32 Å². The molecule has 3 nitrogen and oxygen atoms in total. The fourth-order valence-electron chi connectivity index (χ4n) is 4.04. The van der Waals surface area contributed by atoms with Gasteiger partial charge in [0.15, 0.2) is 0 Å². The highest BCUT2D eigenvalue weighted by Crippen LogP contribution is 2.55. The number of nitrogens with zero attached hydrogens (tertiary/aromatic N) is 2. The van der Waals surface area contributed by atoms with Crippen molar-refractivity contribution in [1.82, 2.24) is 9.78 Å². The molecule has 0 bridgehead atoms. The van der Waals surface area contributed by atoms with Crippen LogP contribution in [0.1, 0.15) is 47.8 Å². The predicted octanol–water partition coefficient (Wildman–Crippen LogP) is 5.60. The standard InChI is InChI=1S/C18H21Cl2N3S/c1-11-15-16(13-6-5-12(19)9-14(13)20)24-18(7-3-4-8-18)10-21-17(15)23(2)22-11/h5-6,9,16,21H,3-4,7-8,10H2,1-2H3. The van der Waals surface area contributed by atoms with Crippen molar-refractivity contribution in [3.8, 4) is 0 Å². The monoisotopic (exact) mass is 381 g/mol. The summed E-state index contributed by atoms with van der Waals surface area (Å²) in [7, 11) is 2.01. The van der Waals surface area contributed by atoms with Crippen LogP contribution in [0.3, 0.4) is 0 Å². The number of aryl methyl sites for hydroxylation is 2. The maximum Gasteiger partial charge on any atom is 0.128 e. The first-order valence-corrected chi connectivity index (χ1v) is 10.0. The molecule has 128 valence electrons. The molecule has 1 unspecified atom stereocenters. The maximum atomic E-state index is 6.59. The van der Waals surface area contributed by atoms with Gasteiger partial charge in [0.05, 0.1) is 10.9 Å². The summed E-state index contributed by atoms with van der Waals surface area (Å²) >= 11 is 14.8. The number of anilines is 1. The molecule has 1 aliphatic heterocycles. The van der Waals surface area contributed by atoms with Gasteiger partial charge in [-0.15, -0.1) is 11.8 Å². The van der Waals surface area contributed by atoms with E-state index in [0.717, 1.165) is 28.6 Å². The third-order valence-electron chi connectivity index (χ3n) is 5.24. The van der Waals surface area contributed by atoms with Crippen molar-refractivity contribution in [2.24, 2.45) is 7.05 Å². The highest BCUT2D eigenvalue weighted by atomic mass is 35.5. The molecule has 4 rings (SSSR count). The topological polar surface area (TPSA) is 29.9 Å². The molecule has 2 aromatic rings. The molecule has 1 spiro atoms. The molecule has 24 heavy (non-hydrogen) atoms. The Morgan fingerprint density at radius 2 is 2.04 bits per heavy atom. The van der Waals surface area contributed by atoms with E-state index in [4.69, 9.17) is 23.2 Å². The van der Waals surface area contributed by atoms with Crippen LogP contribution in [0.5, 0.6) is 0 Å². The normalized spacial score (nSPS) is 22.2. The molecular weight excluding hydrogens is 361 g/mol. The van der Waals surface area contributed by atoms with E-state index in [0.29, 0.717) is 5.02 Å². The zero-order chi connectivity index (χ0) is 16.9. The SMILES string of the molecule is Cc1nn(C)c2c1C(c1ccc(Cl)cc1Cl)SC1(CCCC1)CN2. The van der Waals surface area contributed by atoms with E-state index in [1.165, 1.54) is 31.2 Å². The van der Waals surface area contributed by atoms with E-state index in [2.05, 4.69) is 35.2 Å². The second kappa shape index (κ2) is 6.15. The van der Waals surface area contributed by atoms with Crippen LogP contribution in [0.25, 0.3) is 0 Å². The minimum absolute atomic E-state index is 0.187. The summed E-state index contributed by atoms with van der Waals surface area (Å²) in [5.41, 5.74) is 3.47. The molecule has 1 aromatic carbocycles. The minimum atomic E-state index is 0.187. The van der Waals surface area contributed by atoms with Gasteiger partial charge in [-0.1, -0.05) is 42.1 Å². The highest BCUT2D eigenvalue weighted by Gasteiger charge is 2.42. The average molecular weight is 382 g/mol. The van der Waals surface area contributed by atoms with Gasteiger partial charge >= 0.3 is 0 Å². The summed E-state index contributed by atoms with van der Waals surface area (Å²) in [5, 5.41) is 9.94. The lowest BCUT2D eigenvalue weighted by molar-refractivity contribution is 0.632. The van der Waals surface area contributed by atoms with Gasteiger partial charge in [0.2, 0.25) is 0 Å². The Morgan fingerprint density at radius 1 is 1.29 bits per heavy atom. The number of benzene rings is 1. The number of fused-ring (bicyclic) bond motifs is 1. The molecule has 1 aromatic heterocycles. The van der Waals surface area contributed by atoms with Crippen LogP contribution in [-0.2, 0) is 7.05 Å². The number of rotatable bonds is 1. The summed E-state index contributed by atoms with van der Waals surface area (Å²) < 4.78 is 2.25. The Bertz CT molecular complexity index is 781. The van der Waals surface area contributed by atoms with Crippen LogP contribution in [-0.4, -0.2) is 21.1 Å². The Kier molecular flexibility index (Phi) is 4.26. The average Bonchev–Trinajstić information content (AvgIpc) is 3.02. The van der Waals surface area contributed by atoms with Crippen molar-refractivity contribution in [3.05, 3.63) is 45.1 Å². The molecular formula is C18H21Cl2N3S. The van der Waals surface area contributed by atoms with E-state index in [-0.39, 0.29) is 10.00 Å². The van der Waals surface area contributed by atoms with Crippen molar-refractivity contribution in [2.45, 2.75) is 42.6 Å². The maximum absolute atomic E-state index is 6.59. The third kappa shape index (κ3) is 2.73. The number of nitrogens with one attached hydrogen (secondary N) is 1. The van der Waals surface area contributed by atoms with Gasteiger partial charge < -0.3 is 5.32 Å². The molecule has 1 fully saturated rings. The van der Waals surface area contributed by atoms with Crippen LogP contribution in [0.4, 0.5) is 5.82 Å². The number of thioether (sulfide) groups is 1. The first-order valence-electron chi connectivity index (χ1n) is 8.39. The van der Waals surface area contributed by atoms with E-state index in [1.807, 2.05) is 23.9 Å². The quantitative estimate of drug-likeness (QED) is 0.697. The molecule has 1 saturated carbocycles. The van der Waals surface area contributed by atoms with Crippen molar-refractivity contribution >= 4 is 40.8 Å². The fourth-order valence-corrected chi connectivity index (χ4v) is 6.54. The third-order valence-corrected chi connectivity index (χ3v) is 7.58. The van der Waals surface area contributed by atoms with Crippen molar-refractivity contribution in [1.29, 1.82) is 0 Å². The molecule has 1 aliphatic carbocycles. The lowest BCUT2D eigenvalue weighted by atomic mass is 10.0. The first kappa shape index (κ1) is 16.6. The molecule has 2 heterocycles. The fraction of sp³-hybridized carbons (Fsp3) is 0.500. The van der Waals surface area contributed by atoms with E-state index in [1.54, 1.807) is 0 Å². The summed E-state index contributed by atoms with van der Waals surface area (Å²) in [6.07, 6.45) is 5.13. The zero-order valence-electron chi connectivity index (χ0n) is 13.9. The van der Waals surface area contributed by atoms with E-state index < -0.39 is 0 Å². The van der Waals surface area contributed by atoms with Gasteiger partial charge in [-0.25, -0.2) is 0 Å². The van der Waals surface area contributed by atoms with Gasteiger partial charge in [0.1, 0.15) is 5.82 Å². The molecule has 2 aliphatic rings. The summed E-state index contributed by atoms with van der Waals surface area (Å²) in [6, 6.07) is 5.87. The summed E-state index contributed by atoms with van der Waals surface area (Å²) in [5.74, 6) is 1.12. The Hall–Kier alpha value is -0.840. The van der Waals surface area contributed by atoms with Gasteiger partial charge in [0.25, 0.3) is 0 Å². The van der Waals surface area contributed by atoms with Gasteiger partial charge in [-0.05, 0) is 37.5 Å². The van der Waals surface area contributed by atoms with Crippen molar-refractivity contribution in [3.63, 3.8) is 0 Å². The largest absolute Gasteiger partial charge is 0.369 e. The van der Waals surface area contributed by atoms with Crippen molar-refractivity contribution in [2.75, 3.05) is 11.9 Å². The first-order chi connectivity index (χ1) is 11.5. The van der Waals surface area contributed by atoms with Crippen LogP contribution in [0, 0.1) is 6.92 Å². The molecule has 0 radical (unpaired) electrons. The number of hydrogen-bond acceptors (Lipinski definition) is 3.